The van der Waals surface area contributed by atoms with Crippen LogP contribution in [0.4, 0.5) is 5.69 Å². The van der Waals surface area contributed by atoms with E-state index in [0.717, 1.165) is 28.0 Å². The molecule has 5 rings (SSSR count). The molecule has 0 saturated carbocycles. The first kappa shape index (κ1) is 31.9. The van der Waals surface area contributed by atoms with Crippen molar-refractivity contribution in [2.45, 2.75) is 40.2 Å². The van der Waals surface area contributed by atoms with Gasteiger partial charge in [-0.25, -0.2) is 4.98 Å². The molecule has 1 heterocycles. The van der Waals surface area contributed by atoms with Crippen LogP contribution in [-0.2, 0) is 6.61 Å². The molecule has 1 aromatic heterocycles. The molecule has 5 aromatic rings. The number of hydrogen-bond acceptors (Lipinski definition) is 7. The van der Waals surface area contributed by atoms with Crippen LogP contribution in [0.1, 0.15) is 48.9 Å². The van der Waals surface area contributed by atoms with Crippen molar-refractivity contribution in [1.29, 1.82) is 0 Å². The monoisotopic (exact) mass is 688 g/mol. The molecule has 0 fully saturated rings. The van der Waals surface area contributed by atoms with Crippen molar-refractivity contribution in [1.82, 2.24) is 9.66 Å². The Labute approximate surface area is 273 Å². The third kappa shape index (κ3) is 6.92. The number of para-hydroxylation sites is 1. The Hall–Kier alpha value is -4.54. The number of rotatable bonds is 10. The molecule has 0 aliphatic carbocycles. The maximum absolute atomic E-state index is 13.9. The molecular formula is C34H30BrClN4O5. The third-order valence-electron chi connectivity index (χ3n) is 7.15. The average Bonchev–Trinajstić information content (AvgIpc) is 3.00. The minimum Gasteiger partial charge on any atom is -0.494 e. The second-order valence-electron chi connectivity index (χ2n) is 10.6. The van der Waals surface area contributed by atoms with Crippen molar-refractivity contribution in [2.75, 3.05) is 6.61 Å². The van der Waals surface area contributed by atoms with Crippen molar-refractivity contribution < 1.29 is 14.4 Å². The van der Waals surface area contributed by atoms with Gasteiger partial charge in [-0.3, -0.25) is 14.9 Å². The highest BCUT2D eigenvalue weighted by atomic mass is 79.9. The van der Waals surface area contributed by atoms with Crippen molar-refractivity contribution >= 4 is 50.3 Å². The maximum Gasteiger partial charge on any atom is 0.282 e. The highest BCUT2D eigenvalue weighted by molar-refractivity contribution is 9.10. The largest absolute Gasteiger partial charge is 0.494 e. The van der Waals surface area contributed by atoms with E-state index in [4.69, 9.17) is 26.1 Å². The summed E-state index contributed by atoms with van der Waals surface area (Å²) in [6.45, 7) is 8.74. The molecule has 0 radical (unpaired) electrons. The van der Waals surface area contributed by atoms with Gasteiger partial charge in [0.15, 0.2) is 5.82 Å². The fourth-order valence-corrected chi connectivity index (χ4v) is 5.84. The Morgan fingerprint density at radius 2 is 1.82 bits per heavy atom. The van der Waals surface area contributed by atoms with Crippen LogP contribution in [0.15, 0.2) is 87.2 Å². The normalized spacial score (nSPS) is 11.4. The van der Waals surface area contributed by atoms with Gasteiger partial charge in [0.2, 0.25) is 0 Å². The zero-order chi connectivity index (χ0) is 32.2. The number of non-ortho nitro benzene ring substituents is 1. The van der Waals surface area contributed by atoms with Crippen LogP contribution in [0.3, 0.4) is 0 Å². The minimum atomic E-state index is -0.453. The van der Waals surface area contributed by atoms with Gasteiger partial charge in [0.1, 0.15) is 18.1 Å². The van der Waals surface area contributed by atoms with Gasteiger partial charge in [0.05, 0.1) is 33.1 Å². The smallest absolute Gasteiger partial charge is 0.282 e. The lowest BCUT2D eigenvalue weighted by atomic mass is 9.96. The van der Waals surface area contributed by atoms with E-state index in [2.05, 4.69) is 34.9 Å². The standard InChI is InChI=1S/C34H30BrClN4O5/c1-5-44-31-14-21(4)28(17-27(31)20(2)3)33-38-30-9-7-6-8-26(30)34(41)39(33)37-18-23-15-24(36)16-29(35)32(23)45-19-22-10-12-25(13-11-22)40(42)43/h6-18,20H,5,19H2,1-4H3. The zero-order valence-corrected chi connectivity index (χ0v) is 27.4. The number of benzene rings is 4. The van der Waals surface area contributed by atoms with Crippen LogP contribution < -0.4 is 15.0 Å². The Balaban J connectivity index is 1.62. The fraction of sp³-hybridized carbons (Fsp3) is 0.206. The maximum atomic E-state index is 13.9. The van der Waals surface area contributed by atoms with Crippen LogP contribution in [0, 0.1) is 17.0 Å². The van der Waals surface area contributed by atoms with Crippen LogP contribution in [0.25, 0.3) is 22.3 Å². The number of hydrogen-bond donors (Lipinski definition) is 0. The summed E-state index contributed by atoms with van der Waals surface area (Å²) < 4.78 is 13.9. The first-order valence-electron chi connectivity index (χ1n) is 14.3. The van der Waals surface area contributed by atoms with E-state index in [0.29, 0.717) is 44.1 Å². The summed E-state index contributed by atoms with van der Waals surface area (Å²) in [5.41, 5.74) is 4.09. The summed E-state index contributed by atoms with van der Waals surface area (Å²) in [5, 5.41) is 16.5. The number of aryl methyl sites for hydroxylation is 1. The lowest BCUT2D eigenvalue weighted by Gasteiger charge is -2.18. The number of nitro groups is 1. The van der Waals surface area contributed by atoms with E-state index < -0.39 is 4.92 Å². The van der Waals surface area contributed by atoms with E-state index >= 15 is 0 Å². The van der Waals surface area contributed by atoms with Gasteiger partial charge in [0.25, 0.3) is 11.2 Å². The molecule has 0 amide bonds. The predicted molar refractivity (Wildman–Crippen MR) is 181 cm³/mol. The SMILES string of the molecule is CCOc1cc(C)c(-c2nc3ccccc3c(=O)n2N=Cc2cc(Cl)cc(Br)c2OCc2ccc([N+](=O)[O-])cc2)cc1C(C)C. The van der Waals surface area contributed by atoms with Gasteiger partial charge in [-0.2, -0.15) is 9.78 Å². The number of ether oxygens (including phenoxy) is 2. The highest BCUT2D eigenvalue weighted by Gasteiger charge is 2.19. The number of halogens is 2. The molecule has 0 aliphatic rings. The molecular weight excluding hydrogens is 660 g/mol. The molecule has 9 nitrogen and oxygen atoms in total. The minimum absolute atomic E-state index is 0.00670. The lowest BCUT2D eigenvalue weighted by Crippen LogP contribution is -2.21. The van der Waals surface area contributed by atoms with Gasteiger partial charge in [-0.15, -0.1) is 0 Å². The summed E-state index contributed by atoms with van der Waals surface area (Å²) in [5.74, 6) is 1.77. The van der Waals surface area contributed by atoms with E-state index in [-0.39, 0.29) is 23.8 Å². The Morgan fingerprint density at radius 3 is 2.51 bits per heavy atom. The molecule has 0 atom stereocenters. The van der Waals surface area contributed by atoms with E-state index in [1.54, 1.807) is 42.5 Å². The van der Waals surface area contributed by atoms with Crippen molar-refractivity contribution in [3.8, 4) is 22.9 Å². The molecule has 230 valence electrons. The zero-order valence-electron chi connectivity index (χ0n) is 25.1. The molecule has 0 aliphatic heterocycles. The fourth-order valence-electron chi connectivity index (χ4n) is 4.89. The topological polar surface area (TPSA) is 109 Å². The number of nitrogens with zero attached hydrogens (tertiary/aromatic N) is 4. The van der Waals surface area contributed by atoms with E-state index in [1.807, 2.05) is 32.0 Å². The third-order valence-corrected chi connectivity index (χ3v) is 7.96. The number of nitro benzene ring substituents is 1. The summed E-state index contributed by atoms with van der Waals surface area (Å²) >= 11 is 9.93. The van der Waals surface area contributed by atoms with Gasteiger partial charge in [0, 0.05) is 28.3 Å². The molecule has 0 bridgehead atoms. The molecule has 0 unspecified atom stereocenters. The van der Waals surface area contributed by atoms with Gasteiger partial charge >= 0.3 is 0 Å². The molecule has 45 heavy (non-hydrogen) atoms. The molecule has 4 aromatic carbocycles. The Bertz CT molecular complexity index is 1990. The van der Waals surface area contributed by atoms with Crippen LogP contribution in [0.5, 0.6) is 11.5 Å². The molecule has 0 spiro atoms. The summed E-state index contributed by atoms with van der Waals surface area (Å²) in [4.78, 5) is 29.4. The second kappa shape index (κ2) is 13.6. The predicted octanol–water partition coefficient (Wildman–Crippen LogP) is 8.68. The first-order valence-corrected chi connectivity index (χ1v) is 15.4. The first-order chi connectivity index (χ1) is 21.6. The van der Waals surface area contributed by atoms with Crippen molar-refractivity contribution in [3.63, 3.8) is 0 Å². The van der Waals surface area contributed by atoms with Gasteiger partial charge in [-0.1, -0.05) is 37.6 Å². The Morgan fingerprint density at radius 1 is 1.09 bits per heavy atom. The van der Waals surface area contributed by atoms with Crippen molar-refractivity contribution in [3.05, 3.63) is 125 Å². The summed E-state index contributed by atoms with van der Waals surface area (Å²) in [7, 11) is 0. The van der Waals surface area contributed by atoms with Crippen molar-refractivity contribution in [2.24, 2.45) is 5.10 Å². The average molecular weight is 690 g/mol. The van der Waals surface area contributed by atoms with Gasteiger partial charge < -0.3 is 9.47 Å². The highest BCUT2D eigenvalue weighted by Crippen LogP contribution is 2.35. The quantitative estimate of drug-likeness (QED) is 0.0825. The Kier molecular flexibility index (Phi) is 9.65. The molecule has 11 heteroatoms. The van der Waals surface area contributed by atoms with E-state index in [9.17, 15) is 14.9 Å². The lowest BCUT2D eigenvalue weighted by molar-refractivity contribution is -0.384. The van der Waals surface area contributed by atoms with Crippen LogP contribution in [0.2, 0.25) is 5.02 Å². The molecule has 0 N–H and O–H groups in total. The van der Waals surface area contributed by atoms with E-state index in [1.165, 1.54) is 23.0 Å². The summed E-state index contributed by atoms with van der Waals surface area (Å²) in [6.07, 6.45) is 1.51. The second-order valence-corrected chi connectivity index (χ2v) is 11.9. The number of fused-ring (bicyclic) bond motifs is 1. The van der Waals surface area contributed by atoms with Crippen LogP contribution >= 0.6 is 27.5 Å². The van der Waals surface area contributed by atoms with Crippen LogP contribution in [-0.4, -0.2) is 27.4 Å². The molecule has 0 saturated heterocycles. The number of aromatic nitrogens is 2. The summed E-state index contributed by atoms with van der Waals surface area (Å²) in [6, 6.07) is 20.6. The van der Waals surface area contributed by atoms with Gasteiger partial charge in [-0.05, 0) is 101 Å².